The molecule has 0 fully saturated rings. The summed E-state index contributed by atoms with van der Waals surface area (Å²) in [6.07, 6.45) is 1.72. The van der Waals surface area contributed by atoms with Crippen LogP contribution in [0, 0.1) is 0 Å². The standard InChI is InChI=1S/C19H19N3O4/c1-11(23)21-17-8-12(6-7-20-17)18(25)22-13-4-5-16-14(9-13)15(24)10-19(2,3)26-16/h4-9H,10H2,1-3H3,(H,22,25)(H,20,21,23). The number of pyridine rings is 1. The van der Waals surface area contributed by atoms with Gasteiger partial charge in [0, 0.05) is 24.4 Å². The predicted octanol–water partition coefficient (Wildman–Crippen LogP) is 3.04. The van der Waals surface area contributed by atoms with Gasteiger partial charge in [0.25, 0.3) is 5.91 Å². The van der Waals surface area contributed by atoms with Crippen molar-refractivity contribution < 1.29 is 19.1 Å². The molecule has 0 atom stereocenters. The molecule has 3 rings (SSSR count). The summed E-state index contributed by atoms with van der Waals surface area (Å²) in [4.78, 5) is 39.8. The van der Waals surface area contributed by atoms with Crippen molar-refractivity contribution in [2.75, 3.05) is 10.6 Å². The highest BCUT2D eigenvalue weighted by Gasteiger charge is 2.32. The first-order valence-corrected chi connectivity index (χ1v) is 8.15. The molecule has 134 valence electrons. The Kier molecular flexibility index (Phi) is 4.46. The van der Waals surface area contributed by atoms with Crippen LogP contribution < -0.4 is 15.4 Å². The molecule has 1 aliphatic heterocycles. The van der Waals surface area contributed by atoms with Crippen LogP contribution in [0.25, 0.3) is 0 Å². The molecule has 0 saturated heterocycles. The molecule has 0 bridgehead atoms. The van der Waals surface area contributed by atoms with Crippen LogP contribution >= 0.6 is 0 Å². The third-order valence-corrected chi connectivity index (χ3v) is 3.84. The van der Waals surface area contributed by atoms with E-state index < -0.39 is 5.60 Å². The van der Waals surface area contributed by atoms with Crippen molar-refractivity contribution in [1.82, 2.24) is 4.98 Å². The average Bonchev–Trinajstić information content (AvgIpc) is 2.54. The van der Waals surface area contributed by atoms with Gasteiger partial charge in [-0.3, -0.25) is 14.4 Å². The van der Waals surface area contributed by atoms with Crippen molar-refractivity contribution in [3.63, 3.8) is 0 Å². The minimum Gasteiger partial charge on any atom is -0.487 e. The minimum atomic E-state index is -0.536. The largest absolute Gasteiger partial charge is 0.487 e. The molecule has 1 aromatic carbocycles. The highest BCUT2D eigenvalue weighted by atomic mass is 16.5. The number of ether oxygens (including phenoxy) is 1. The van der Waals surface area contributed by atoms with E-state index in [0.29, 0.717) is 28.4 Å². The molecule has 2 aromatic rings. The van der Waals surface area contributed by atoms with Crippen molar-refractivity contribution in [3.05, 3.63) is 47.7 Å². The van der Waals surface area contributed by atoms with E-state index in [9.17, 15) is 14.4 Å². The topological polar surface area (TPSA) is 97.4 Å². The molecule has 7 heteroatoms. The second kappa shape index (κ2) is 6.59. The number of amides is 2. The summed E-state index contributed by atoms with van der Waals surface area (Å²) < 4.78 is 5.80. The molecule has 0 radical (unpaired) electrons. The normalized spacial score (nSPS) is 14.8. The van der Waals surface area contributed by atoms with Gasteiger partial charge in [-0.25, -0.2) is 4.98 Å². The van der Waals surface area contributed by atoms with Crippen molar-refractivity contribution in [2.24, 2.45) is 0 Å². The third kappa shape index (κ3) is 3.88. The highest BCUT2D eigenvalue weighted by Crippen LogP contribution is 2.34. The molecular weight excluding hydrogens is 334 g/mol. The number of nitrogens with zero attached hydrogens (tertiary/aromatic N) is 1. The van der Waals surface area contributed by atoms with E-state index in [0.717, 1.165) is 0 Å². The first-order chi connectivity index (χ1) is 12.2. The summed E-state index contributed by atoms with van der Waals surface area (Å²) in [6, 6.07) is 7.99. The Balaban J connectivity index is 1.80. The molecular formula is C19H19N3O4. The SMILES string of the molecule is CC(=O)Nc1cc(C(=O)Nc2ccc3c(c2)C(=O)CC(C)(C)O3)ccn1. The van der Waals surface area contributed by atoms with Gasteiger partial charge in [-0.05, 0) is 44.2 Å². The smallest absolute Gasteiger partial charge is 0.255 e. The van der Waals surface area contributed by atoms with Gasteiger partial charge >= 0.3 is 0 Å². The van der Waals surface area contributed by atoms with E-state index in [1.807, 2.05) is 13.8 Å². The zero-order valence-electron chi connectivity index (χ0n) is 14.8. The Labute approximate surface area is 150 Å². The average molecular weight is 353 g/mol. The molecule has 7 nitrogen and oxygen atoms in total. The quantitative estimate of drug-likeness (QED) is 0.884. The van der Waals surface area contributed by atoms with Gasteiger partial charge in [0.1, 0.15) is 17.2 Å². The van der Waals surface area contributed by atoms with E-state index in [1.165, 1.54) is 25.3 Å². The van der Waals surface area contributed by atoms with Gasteiger partial charge in [0.2, 0.25) is 5.91 Å². The second-order valence-electron chi connectivity index (χ2n) is 6.74. The Bertz CT molecular complexity index is 905. The molecule has 1 aromatic heterocycles. The molecule has 0 aliphatic carbocycles. The zero-order valence-corrected chi connectivity index (χ0v) is 14.8. The lowest BCUT2D eigenvalue weighted by molar-refractivity contribution is -0.114. The maximum absolute atomic E-state index is 12.4. The number of ketones is 1. The number of fused-ring (bicyclic) bond motifs is 1. The van der Waals surface area contributed by atoms with Crippen LogP contribution in [-0.4, -0.2) is 28.2 Å². The van der Waals surface area contributed by atoms with E-state index in [4.69, 9.17) is 4.74 Å². The molecule has 0 unspecified atom stereocenters. The molecule has 2 amide bonds. The van der Waals surface area contributed by atoms with E-state index >= 15 is 0 Å². The molecule has 0 spiro atoms. The Morgan fingerprint density at radius 1 is 1.15 bits per heavy atom. The molecule has 26 heavy (non-hydrogen) atoms. The summed E-state index contributed by atoms with van der Waals surface area (Å²) in [6.45, 7) is 5.08. The summed E-state index contributed by atoms with van der Waals surface area (Å²) in [5.74, 6) is 0.140. The number of Topliss-reactive ketones (excluding diaryl/α,β-unsaturated/α-hetero) is 1. The summed E-state index contributed by atoms with van der Waals surface area (Å²) in [5.41, 5.74) is 0.746. The fourth-order valence-electron chi connectivity index (χ4n) is 2.75. The lowest BCUT2D eigenvalue weighted by atomic mass is 9.93. The number of carbonyl (C=O) groups excluding carboxylic acids is 3. The lowest BCUT2D eigenvalue weighted by Crippen LogP contribution is -2.35. The van der Waals surface area contributed by atoms with E-state index in [1.54, 1.807) is 18.2 Å². The van der Waals surface area contributed by atoms with Crippen molar-refractivity contribution in [3.8, 4) is 5.75 Å². The van der Waals surface area contributed by atoms with Gasteiger partial charge in [-0.2, -0.15) is 0 Å². The van der Waals surface area contributed by atoms with Gasteiger partial charge < -0.3 is 15.4 Å². The third-order valence-electron chi connectivity index (χ3n) is 3.84. The molecule has 0 saturated carbocycles. The molecule has 2 N–H and O–H groups in total. The summed E-state index contributed by atoms with van der Waals surface area (Å²) in [5, 5.41) is 5.27. The Morgan fingerprint density at radius 3 is 2.65 bits per heavy atom. The first-order valence-electron chi connectivity index (χ1n) is 8.15. The van der Waals surface area contributed by atoms with Crippen LogP contribution in [0.4, 0.5) is 11.5 Å². The number of benzene rings is 1. The minimum absolute atomic E-state index is 0.0239. The van der Waals surface area contributed by atoms with Crippen LogP contribution in [0.3, 0.4) is 0 Å². The number of nitrogens with one attached hydrogen (secondary N) is 2. The van der Waals surface area contributed by atoms with Crippen LogP contribution in [0.2, 0.25) is 0 Å². The number of aromatic nitrogens is 1. The number of anilines is 2. The van der Waals surface area contributed by atoms with Crippen LogP contribution in [0.1, 0.15) is 47.9 Å². The highest BCUT2D eigenvalue weighted by molar-refractivity contribution is 6.06. The van der Waals surface area contributed by atoms with Crippen LogP contribution in [-0.2, 0) is 4.79 Å². The number of hydrogen-bond donors (Lipinski definition) is 2. The number of rotatable bonds is 3. The maximum Gasteiger partial charge on any atom is 0.255 e. The monoisotopic (exact) mass is 353 g/mol. The van der Waals surface area contributed by atoms with Gasteiger partial charge in [0.15, 0.2) is 5.78 Å². The van der Waals surface area contributed by atoms with Crippen molar-refractivity contribution >= 4 is 29.1 Å². The number of hydrogen-bond acceptors (Lipinski definition) is 5. The van der Waals surface area contributed by atoms with Gasteiger partial charge in [0.05, 0.1) is 12.0 Å². The van der Waals surface area contributed by atoms with Crippen molar-refractivity contribution in [2.45, 2.75) is 32.8 Å². The first kappa shape index (κ1) is 17.6. The second-order valence-corrected chi connectivity index (χ2v) is 6.74. The predicted molar refractivity (Wildman–Crippen MR) is 96.6 cm³/mol. The zero-order chi connectivity index (χ0) is 18.9. The Morgan fingerprint density at radius 2 is 1.92 bits per heavy atom. The molecule has 1 aliphatic rings. The van der Waals surface area contributed by atoms with Crippen LogP contribution in [0.5, 0.6) is 5.75 Å². The van der Waals surface area contributed by atoms with E-state index in [2.05, 4.69) is 15.6 Å². The van der Waals surface area contributed by atoms with Crippen molar-refractivity contribution in [1.29, 1.82) is 0 Å². The Hall–Kier alpha value is -3.22. The van der Waals surface area contributed by atoms with Gasteiger partial charge in [-0.1, -0.05) is 0 Å². The lowest BCUT2D eigenvalue weighted by Gasteiger charge is -2.31. The molecule has 2 heterocycles. The fraction of sp³-hybridized carbons (Fsp3) is 0.263. The maximum atomic E-state index is 12.4. The van der Waals surface area contributed by atoms with E-state index in [-0.39, 0.29) is 24.0 Å². The van der Waals surface area contributed by atoms with Crippen LogP contribution in [0.15, 0.2) is 36.5 Å². The number of carbonyl (C=O) groups is 3. The summed E-state index contributed by atoms with van der Waals surface area (Å²) >= 11 is 0. The summed E-state index contributed by atoms with van der Waals surface area (Å²) in [7, 11) is 0. The van der Waals surface area contributed by atoms with Gasteiger partial charge in [-0.15, -0.1) is 0 Å². The fourth-order valence-corrected chi connectivity index (χ4v) is 2.75.